The van der Waals surface area contributed by atoms with E-state index in [0.717, 1.165) is 32.7 Å². The van der Waals surface area contributed by atoms with Crippen LogP contribution in [0.25, 0.3) is 21.5 Å². The summed E-state index contributed by atoms with van der Waals surface area (Å²) in [7, 11) is 0. The van der Waals surface area contributed by atoms with Crippen molar-refractivity contribution in [2.24, 2.45) is 5.92 Å². The molecule has 0 saturated carbocycles. The minimum absolute atomic E-state index is 0.0287. The molecule has 0 bridgehead atoms. The van der Waals surface area contributed by atoms with Gasteiger partial charge in [0.2, 0.25) is 11.8 Å². The molecule has 0 radical (unpaired) electrons. The van der Waals surface area contributed by atoms with Crippen LogP contribution in [0.5, 0.6) is 0 Å². The third kappa shape index (κ3) is 8.82. The van der Waals surface area contributed by atoms with Gasteiger partial charge in [0.15, 0.2) is 0 Å². The molecule has 8 nitrogen and oxygen atoms in total. The van der Waals surface area contributed by atoms with Gasteiger partial charge in [-0.1, -0.05) is 129 Å². The SMILES string of the molecule is CC(C)C[C@@H](C=O)NC(=O)[C@@H](NC(=O)[C@H](Cc1ccc2ccccc2c1)NC(=O)OCc1ccccc1)c1cccc2ccccc12. The molecule has 0 fully saturated rings. The summed E-state index contributed by atoms with van der Waals surface area (Å²) < 4.78 is 5.47. The average molecular weight is 630 g/mol. The third-order valence-corrected chi connectivity index (χ3v) is 7.98. The first-order chi connectivity index (χ1) is 22.8. The van der Waals surface area contributed by atoms with Crippen LogP contribution in [0.1, 0.15) is 43.0 Å². The summed E-state index contributed by atoms with van der Waals surface area (Å²) in [6.45, 7) is 3.96. The van der Waals surface area contributed by atoms with Gasteiger partial charge in [0.25, 0.3) is 0 Å². The van der Waals surface area contributed by atoms with Gasteiger partial charge in [0, 0.05) is 6.42 Å². The van der Waals surface area contributed by atoms with Crippen molar-refractivity contribution < 1.29 is 23.9 Å². The number of hydrogen-bond acceptors (Lipinski definition) is 5. The summed E-state index contributed by atoms with van der Waals surface area (Å²) in [4.78, 5) is 53.0. The van der Waals surface area contributed by atoms with Crippen molar-refractivity contribution in [1.29, 1.82) is 0 Å². The van der Waals surface area contributed by atoms with Gasteiger partial charge in [-0.15, -0.1) is 0 Å². The van der Waals surface area contributed by atoms with E-state index in [-0.39, 0.29) is 18.9 Å². The second-order valence-corrected chi connectivity index (χ2v) is 12.0. The van der Waals surface area contributed by atoms with Crippen molar-refractivity contribution in [2.75, 3.05) is 0 Å². The maximum absolute atomic E-state index is 14.1. The molecule has 0 aliphatic rings. The van der Waals surface area contributed by atoms with Crippen LogP contribution in [0, 0.1) is 5.92 Å². The van der Waals surface area contributed by atoms with Crippen LogP contribution < -0.4 is 16.0 Å². The summed E-state index contributed by atoms with van der Waals surface area (Å²) in [6, 6.07) is 33.1. The van der Waals surface area contributed by atoms with Gasteiger partial charge in [0.1, 0.15) is 25.0 Å². The smallest absolute Gasteiger partial charge is 0.408 e. The molecule has 5 rings (SSSR count). The van der Waals surface area contributed by atoms with Gasteiger partial charge in [-0.25, -0.2) is 4.79 Å². The number of fused-ring (bicyclic) bond motifs is 2. The van der Waals surface area contributed by atoms with Gasteiger partial charge >= 0.3 is 6.09 Å². The predicted molar refractivity (Wildman–Crippen MR) is 183 cm³/mol. The second kappa shape index (κ2) is 15.7. The molecule has 5 aromatic rings. The highest BCUT2D eigenvalue weighted by molar-refractivity contribution is 5.97. The van der Waals surface area contributed by atoms with Crippen LogP contribution in [0.3, 0.4) is 0 Å². The van der Waals surface area contributed by atoms with E-state index in [0.29, 0.717) is 18.3 Å². The van der Waals surface area contributed by atoms with Crippen LogP contribution in [0.15, 0.2) is 115 Å². The van der Waals surface area contributed by atoms with E-state index in [1.165, 1.54) is 0 Å². The largest absolute Gasteiger partial charge is 0.445 e. The molecular formula is C39H39N3O5. The van der Waals surface area contributed by atoms with Crippen LogP contribution in [0.2, 0.25) is 0 Å². The highest BCUT2D eigenvalue weighted by Gasteiger charge is 2.31. The predicted octanol–water partition coefficient (Wildman–Crippen LogP) is 6.42. The average Bonchev–Trinajstić information content (AvgIpc) is 3.09. The highest BCUT2D eigenvalue weighted by Crippen LogP contribution is 2.26. The molecule has 0 aliphatic heterocycles. The quantitative estimate of drug-likeness (QED) is 0.130. The number of carbonyl (C=O) groups excluding carboxylic acids is 4. The Balaban J connectivity index is 1.45. The fraction of sp³-hybridized carbons (Fsp3) is 0.231. The molecule has 3 N–H and O–H groups in total. The lowest BCUT2D eigenvalue weighted by Gasteiger charge is -2.26. The molecule has 0 spiro atoms. The van der Waals surface area contributed by atoms with Crippen molar-refractivity contribution >= 4 is 45.7 Å². The Kier molecular flexibility index (Phi) is 11.0. The molecular weight excluding hydrogens is 590 g/mol. The number of rotatable bonds is 13. The Labute approximate surface area is 274 Å². The molecule has 240 valence electrons. The summed E-state index contributed by atoms with van der Waals surface area (Å²) in [5, 5.41) is 12.2. The number of alkyl carbamates (subject to hydrolysis) is 1. The topological polar surface area (TPSA) is 114 Å². The van der Waals surface area contributed by atoms with Gasteiger partial charge in [-0.2, -0.15) is 0 Å². The Morgan fingerprint density at radius 3 is 2.11 bits per heavy atom. The molecule has 3 amide bonds. The molecule has 0 heterocycles. The molecule has 0 aromatic heterocycles. The van der Waals surface area contributed by atoms with Gasteiger partial charge in [-0.05, 0) is 50.6 Å². The minimum atomic E-state index is -1.15. The highest BCUT2D eigenvalue weighted by atomic mass is 16.5. The van der Waals surface area contributed by atoms with Crippen LogP contribution >= 0.6 is 0 Å². The molecule has 3 atom stereocenters. The number of carbonyl (C=O) groups is 4. The zero-order valence-corrected chi connectivity index (χ0v) is 26.5. The lowest BCUT2D eigenvalue weighted by atomic mass is 9.96. The van der Waals surface area contributed by atoms with Crippen molar-refractivity contribution in [3.8, 4) is 0 Å². The first-order valence-corrected chi connectivity index (χ1v) is 15.8. The van der Waals surface area contributed by atoms with E-state index >= 15 is 0 Å². The van der Waals surface area contributed by atoms with E-state index in [2.05, 4.69) is 16.0 Å². The Hall–Kier alpha value is -5.50. The molecule has 0 unspecified atom stereocenters. The molecule has 0 aliphatic carbocycles. The molecule has 8 heteroatoms. The van der Waals surface area contributed by atoms with E-state index in [1.54, 1.807) is 6.07 Å². The maximum Gasteiger partial charge on any atom is 0.408 e. The lowest BCUT2D eigenvalue weighted by molar-refractivity contribution is -0.131. The summed E-state index contributed by atoms with van der Waals surface area (Å²) in [6.07, 6.45) is 0.543. The lowest BCUT2D eigenvalue weighted by Crippen LogP contribution is -2.52. The Morgan fingerprint density at radius 2 is 1.36 bits per heavy atom. The number of ether oxygens (including phenoxy) is 1. The molecule has 47 heavy (non-hydrogen) atoms. The van der Waals surface area contributed by atoms with E-state index in [1.807, 2.05) is 123 Å². The third-order valence-electron chi connectivity index (χ3n) is 7.98. The van der Waals surface area contributed by atoms with Gasteiger partial charge in [0.05, 0.1) is 6.04 Å². The number of benzene rings is 5. The number of aldehydes is 1. The van der Waals surface area contributed by atoms with Gasteiger partial charge in [-0.3, -0.25) is 9.59 Å². The second-order valence-electron chi connectivity index (χ2n) is 12.0. The van der Waals surface area contributed by atoms with E-state index in [4.69, 9.17) is 4.74 Å². The van der Waals surface area contributed by atoms with Crippen molar-refractivity contribution in [2.45, 2.75) is 51.4 Å². The van der Waals surface area contributed by atoms with E-state index in [9.17, 15) is 19.2 Å². The van der Waals surface area contributed by atoms with Crippen LogP contribution in [0.4, 0.5) is 4.79 Å². The fourth-order valence-electron chi connectivity index (χ4n) is 5.67. The minimum Gasteiger partial charge on any atom is -0.445 e. The maximum atomic E-state index is 14.1. The van der Waals surface area contributed by atoms with Crippen LogP contribution in [-0.4, -0.2) is 36.3 Å². The zero-order chi connectivity index (χ0) is 33.2. The monoisotopic (exact) mass is 629 g/mol. The standard InChI is InChI=1S/C39H39N3O5/c1-26(2)21-32(24-43)40-38(45)36(34-18-10-16-30-14-8-9-17-33(30)34)42-37(44)35(41-39(46)47-25-27-11-4-3-5-12-27)23-28-19-20-29-13-6-7-15-31(29)22-28/h3-20,22,24,26,32,35-36H,21,23,25H2,1-2H3,(H,40,45)(H,41,46)(H,42,44)/t32-,35-,36-/m0/s1. The molecule has 5 aromatic carbocycles. The Bertz CT molecular complexity index is 1850. The van der Waals surface area contributed by atoms with Gasteiger partial charge < -0.3 is 25.5 Å². The van der Waals surface area contributed by atoms with Crippen LogP contribution in [-0.2, 0) is 32.1 Å². The number of amides is 3. The fourth-order valence-corrected chi connectivity index (χ4v) is 5.67. The summed E-state index contributed by atoms with van der Waals surface area (Å²) >= 11 is 0. The van der Waals surface area contributed by atoms with Crippen molar-refractivity contribution in [3.63, 3.8) is 0 Å². The van der Waals surface area contributed by atoms with Crippen molar-refractivity contribution in [1.82, 2.24) is 16.0 Å². The zero-order valence-electron chi connectivity index (χ0n) is 26.5. The van der Waals surface area contributed by atoms with E-state index < -0.39 is 36.0 Å². The Morgan fingerprint density at radius 1 is 0.681 bits per heavy atom. The normalized spacial score (nSPS) is 13.0. The summed E-state index contributed by atoms with van der Waals surface area (Å²) in [5.74, 6) is -0.938. The first-order valence-electron chi connectivity index (χ1n) is 15.8. The molecule has 0 saturated heterocycles. The summed E-state index contributed by atoms with van der Waals surface area (Å²) in [5.41, 5.74) is 2.19. The first kappa shape index (κ1) is 32.9. The van der Waals surface area contributed by atoms with Crippen molar-refractivity contribution in [3.05, 3.63) is 132 Å². The number of hydrogen-bond donors (Lipinski definition) is 3. The number of nitrogens with one attached hydrogen (secondary N) is 3.